The Bertz CT molecular complexity index is 595. The molecular formula is C16H19N3OS2. The number of anilines is 1. The smallest absolute Gasteiger partial charge is 0.267 e. The molecule has 0 atom stereocenters. The van der Waals surface area contributed by atoms with Gasteiger partial charge >= 0.3 is 0 Å². The summed E-state index contributed by atoms with van der Waals surface area (Å²) in [6.07, 6.45) is 1.98. The Hall–Kier alpha value is -1.53. The zero-order valence-corrected chi connectivity index (χ0v) is 14.2. The van der Waals surface area contributed by atoms with Gasteiger partial charge < -0.3 is 9.80 Å². The zero-order chi connectivity index (χ0) is 15.5. The maximum absolute atomic E-state index is 12.2. The molecule has 1 aromatic rings. The van der Waals surface area contributed by atoms with Crippen LogP contribution in [0.15, 0.2) is 41.4 Å². The number of carbonyl (C=O) groups is 1. The molecule has 0 saturated carbocycles. The molecule has 6 heteroatoms. The Balaban J connectivity index is 1.62. The third-order valence-electron chi connectivity index (χ3n) is 3.93. The van der Waals surface area contributed by atoms with Gasteiger partial charge in [0.05, 0.1) is 4.91 Å². The van der Waals surface area contributed by atoms with Gasteiger partial charge in [0.2, 0.25) is 0 Å². The van der Waals surface area contributed by atoms with Gasteiger partial charge in [-0.05, 0) is 19.1 Å². The van der Waals surface area contributed by atoms with Crippen molar-refractivity contribution in [2.24, 2.45) is 0 Å². The number of thioether (sulfide) groups is 1. The van der Waals surface area contributed by atoms with Crippen LogP contribution in [-0.4, -0.2) is 52.8 Å². The Morgan fingerprint density at radius 3 is 2.45 bits per heavy atom. The highest BCUT2D eigenvalue weighted by molar-refractivity contribution is 8.26. The largest absolute Gasteiger partial charge is 0.373 e. The van der Waals surface area contributed by atoms with Crippen LogP contribution in [0.4, 0.5) is 5.69 Å². The predicted octanol–water partition coefficient (Wildman–Crippen LogP) is 2.53. The molecule has 0 radical (unpaired) electrons. The molecule has 0 N–H and O–H groups in total. The van der Waals surface area contributed by atoms with Crippen LogP contribution in [0.25, 0.3) is 0 Å². The number of piperazine rings is 1. The molecular weight excluding hydrogens is 314 g/mol. The van der Waals surface area contributed by atoms with Crippen LogP contribution in [0.1, 0.15) is 6.92 Å². The summed E-state index contributed by atoms with van der Waals surface area (Å²) in [5.41, 5.74) is 1.26. The first kappa shape index (κ1) is 15.4. The number of hydrogen-bond donors (Lipinski definition) is 0. The summed E-state index contributed by atoms with van der Waals surface area (Å²) < 4.78 is 0.668. The molecule has 2 saturated heterocycles. The SMILES string of the molecule is CCN1C(=O)C(=CN2CCN(c3ccccc3)CC2)SC1=S. The van der Waals surface area contributed by atoms with Gasteiger partial charge in [0.25, 0.3) is 5.91 Å². The number of hydrogen-bond acceptors (Lipinski definition) is 5. The molecule has 0 aliphatic carbocycles. The van der Waals surface area contributed by atoms with Gasteiger partial charge in [-0.15, -0.1) is 0 Å². The van der Waals surface area contributed by atoms with Crippen LogP contribution in [0.3, 0.4) is 0 Å². The lowest BCUT2D eigenvalue weighted by atomic mass is 10.2. The Morgan fingerprint density at radius 1 is 1.18 bits per heavy atom. The molecule has 2 heterocycles. The van der Waals surface area contributed by atoms with Crippen LogP contribution in [0.5, 0.6) is 0 Å². The molecule has 2 aliphatic rings. The van der Waals surface area contributed by atoms with E-state index in [1.807, 2.05) is 19.2 Å². The highest BCUT2D eigenvalue weighted by Crippen LogP contribution is 2.31. The van der Waals surface area contributed by atoms with Crippen LogP contribution < -0.4 is 4.90 Å². The van der Waals surface area contributed by atoms with E-state index in [0.29, 0.717) is 10.9 Å². The lowest BCUT2D eigenvalue weighted by molar-refractivity contribution is -0.122. The second-order valence-electron chi connectivity index (χ2n) is 5.27. The minimum Gasteiger partial charge on any atom is -0.373 e. The molecule has 116 valence electrons. The van der Waals surface area contributed by atoms with Gasteiger partial charge in [0.15, 0.2) is 0 Å². The molecule has 4 nitrogen and oxygen atoms in total. The lowest BCUT2D eigenvalue weighted by Crippen LogP contribution is -2.44. The first-order valence-corrected chi connectivity index (χ1v) is 8.71. The second-order valence-corrected chi connectivity index (χ2v) is 6.95. The summed E-state index contributed by atoms with van der Waals surface area (Å²) in [7, 11) is 0. The normalized spacial score (nSPS) is 21.1. The first-order chi connectivity index (χ1) is 10.7. The minimum atomic E-state index is 0.0444. The molecule has 22 heavy (non-hydrogen) atoms. The van der Waals surface area contributed by atoms with E-state index < -0.39 is 0 Å². The van der Waals surface area contributed by atoms with E-state index in [2.05, 4.69) is 34.1 Å². The van der Waals surface area contributed by atoms with Crippen molar-refractivity contribution in [3.63, 3.8) is 0 Å². The average molecular weight is 333 g/mol. The van der Waals surface area contributed by atoms with Crippen LogP contribution in [-0.2, 0) is 4.79 Å². The third kappa shape index (κ3) is 3.13. The predicted molar refractivity (Wildman–Crippen MR) is 95.9 cm³/mol. The molecule has 2 aliphatic heterocycles. The van der Waals surface area contributed by atoms with E-state index in [9.17, 15) is 4.79 Å². The Labute approximate surface area is 140 Å². The summed E-state index contributed by atoms with van der Waals surface area (Å²) >= 11 is 6.66. The Morgan fingerprint density at radius 2 is 1.86 bits per heavy atom. The molecule has 0 unspecified atom stereocenters. The first-order valence-electron chi connectivity index (χ1n) is 7.48. The molecule has 1 amide bonds. The maximum Gasteiger partial charge on any atom is 0.267 e. The van der Waals surface area contributed by atoms with Gasteiger partial charge in [-0.2, -0.15) is 0 Å². The molecule has 0 spiro atoms. The Kier molecular flexibility index (Phi) is 4.69. The van der Waals surface area contributed by atoms with Gasteiger partial charge in [-0.1, -0.05) is 42.2 Å². The monoisotopic (exact) mass is 333 g/mol. The number of rotatable bonds is 3. The van der Waals surface area contributed by atoms with E-state index in [-0.39, 0.29) is 5.91 Å². The summed E-state index contributed by atoms with van der Waals surface area (Å²) in [6, 6.07) is 10.5. The van der Waals surface area contributed by atoms with Crippen molar-refractivity contribution in [1.29, 1.82) is 0 Å². The fraction of sp³-hybridized carbons (Fsp3) is 0.375. The van der Waals surface area contributed by atoms with Gasteiger partial charge in [-0.25, -0.2) is 0 Å². The second kappa shape index (κ2) is 6.71. The standard InChI is InChI=1S/C16H19N3OS2/c1-2-19-15(20)14(22-16(19)21)12-17-8-10-18(11-9-17)13-6-4-3-5-7-13/h3-7,12H,2,8-11H2,1H3. The van der Waals surface area contributed by atoms with Gasteiger partial charge in [0, 0.05) is 44.6 Å². The summed E-state index contributed by atoms with van der Waals surface area (Å²) in [6.45, 7) is 6.37. The number of para-hydroxylation sites is 1. The van der Waals surface area contributed by atoms with Crippen molar-refractivity contribution in [2.75, 3.05) is 37.6 Å². The van der Waals surface area contributed by atoms with E-state index in [4.69, 9.17) is 12.2 Å². The number of benzene rings is 1. The van der Waals surface area contributed by atoms with Crippen LogP contribution in [0, 0.1) is 0 Å². The van der Waals surface area contributed by atoms with Crippen LogP contribution >= 0.6 is 24.0 Å². The van der Waals surface area contributed by atoms with Crippen molar-refractivity contribution >= 4 is 39.9 Å². The highest BCUT2D eigenvalue weighted by Gasteiger charge is 2.31. The molecule has 2 fully saturated rings. The average Bonchev–Trinajstić information content (AvgIpc) is 2.82. The maximum atomic E-state index is 12.2. The highest BCUT2D eigenvalue weighted by atomic mass is 32.2. The number of nitrogens with zero attached hydrogens (tertiary/aromatic N) is 3. The number of thiocarbonyl (C=S) groups is 1. The van der Waals surface area contributed by atoms with Crippen molar-refractivity contribution in [1.82, 2.24) is 9.80 Å². The molecule has 3 rings (SSSR count). The quantitative estimate of drug-likeness (QED) is 0.626. The van der Waals surface area contributed by atoms with E-state index in [1.54, 1.807) is 4.90 Å². The zero-order valence-electron chi connectivity index (χ0n) is 12.6. The van der Waals surface area contributed by atoms with E-state index >= 15 is 0 Å². The molecule has 1 aromatic carbocycles. The topological polar surface area (TPSA) is 26.8 Å². The fourth-order valence-electron chi connectivity index (χ4n) is 2.68. The third-order valence-corrected chi connectivity index (χ3v) is 5.29. The minimum absolute atomic E-state index is 0.0444. The van der Waals surface area contributed by atoms with E-state index in [0.717, 1.165) is 31.1 Å². The van der Waals surface area contributed by atoms with Gasteiger partial charge in [0.1, 0.15) is 4.32 Å². The fourth-order valence-corrected chi connectivity index (χ4v) is 4.07. The summed E-state index contributed by atoms with van der Waals surface area (Å²) in [4.78, 5) is 19.2. The molecule has 0 aromatic heterocycles. The van der Waals surface area contributed by atoms with Crippen LogP contribution in [0.2, 0.25) is 0 Å². The number of carbonyl (C=O) groups excluding carboxylic acids is 1. The number of amides is 1. The van der Waals surface area contributed by atoms with Crippen molar-refractivity contribution in [2.45, 2.75) is 6.92 Å². The van der Waals surface area contributed by atoms with Crippen molar-refractivity contribution < 1.29 is 4.79 Å². The molecule has 0 bridgehead atoms. The van der Waals surface area contributed by atoms with E-state index in [1.165, 1.54) is 17.4 Å². The number of likely N-dealkylation sites (N-methyl/N-ethyl adjacent to an activating group) is 1. The van der Waals surface area contributed by atoms with Gasteiger partial charge in [-0.3, -0.25) is 9.69 Å². The summed E-state index contributed by atoms with van der Waals surface area (Å²) in [5.74, 6) is 0.0444. The summed E-state index contributed by atoms with van der Waals surface area (Å²) in [5, 5.41) is 0. The lowest BCUT2D eigenvalue weighted by Gasteiger charge is -2.35. The van der Waals surface area contributed by atoms with Crippen molar-refractivity contribution in [3.8, 4) is 0 Å². The van der Waals surface area contributed by atoms with Crippen molar-refractivity contribution in [3.05, 3.63) is 41.4 Å².